The van der Waals surface area contributed by atoms with Crippen molar-refractivity contribution in [2.45, 2.75) is 104 Å². The highest BCUT2D eigenvalue weighted by Crippen LogP contribution is 2.39. The lowest BCUT2D eigenvalue weighted by Gasteiger charge is -2.32. The third-order valence-corrected chi connectivity index (χ3v) is 17.6. The number of hydrogen-bond acceptors (Lipinski definition) is 19. The Hall–Kier alpha value is -10.7. The lowest BCUT2D eigenvalue weighted by Crippen LogP contribution is -2.48. The highest BCUT2D eigenvalue weighted by atomic mass is 16.7. The molecular weight excluding hydrogens is 1230 g/mol. The fourth-order valence-electron chi connectivity index (χ4n) is 11.4. The summed E-state index contributed by atoms with van der Waals surface area (Å²) in [6, 6.07) is 25.2. The van der Waals surface area contributed by atoms with Gasteiger partial charge in [-0.05, 0) is 120 Å². The molecule has 10 N–H and O–H groups in total. The summed E-state index contributed by atoms with van der Waals surface area (Å²) in [5, 5.41) is 21.0. The molecule has 4 aliphatic rings. The van der Waals surface area contributed by atoms with Crippen LogP contribution in [-0.4, -0.2) is 115 Å². The van der Waals surface area contributed by atoms with E-state index in [0.717, 1.165) is 25.7 Å². The van der Waals surface area contributed by atoms with Crippen LogP contribution in [-0.2, 0) is 41.4 Å². The first-order chi connectivity index (χ1) is 46.0. The number of cyclic esters (lactones) is 2. The molecule has 6 atom stereocenters. The number of nitrogen functional groups attached to an aromatic ring is 2. The van der Waals surface area contributed by atoms with Gasteiger partial charge < -0.3 is 56.3 Å². The molecule has 0 radical (unpaired) electrons. The molecule has 2 aromatic heterocycles. The van der Waals surface area contributed by atoms with Crippen LogP contribution in [0.25, 0.3) is 34.4 Å². The molecule has 2 aliphatic carbocycles. The lowest BCUT2D eigenvalue weighted by molar-refractivity contribution is -0.190. The van der Waals surface area contributed by atoms with E-state index in [1.165, 1.54) is 32.4 Å². The second-order valence-corrected chi connectivity index (χ2v) is 24.3. The van der Waals surface area contributed by atoms with Crippen molar-refractivity contribution < 1.29 is 66.8 Å². The second kappa shape index (κ2) is 31.0. The number of nitrogens with two attached hydrogens (primary N) is 3. The monoisotopic (exact) mass is 1310 g/mol. The number of pyridine rings is 2. The van der Waals surface area contributed by atoms with Crippen LogP contribution in [0.1, 0.15) is 168 Å². The van der Waals surface area contributed by atoms with E-state index in [0.29, 0.717) is 100 Å². The van der Waals surface area contributed by atoms with E-state index in [-0.39, 0.29) is 105 Å². The Kier molecular flexibility index (Phi) is 22.5. The minimum atomic E-state index is -1.21. The molecule has 0 spiro atoms. The number of carbonyl (C=O) groups is 8. The maximum atomic E-state index is 14.0. The fraction of sp³-hybridized carbons (Fsp3) is 0.342. The molecule has 500 valence electrons. The van der Waals surface area contributed by atoms with Gasteiger partial charge in [0.1, 0.15) is 40.6 Å². The van der Waals surface area contributed by atoms with Gasteiger partial charge in [0.25, 0.3) is 11.8 Å². The highest BCUT2D eigenvalue weighted by molar-refractivity contribution is 6.09. The number of carbonyl (C=O) groups excluding carboxylic acids is 8. The summed E-state index contributed by atoms with van der Waals surface area (Å²) in [5.41, 5.74) is 21.7. The molecule has 0 bridgehead atoms. The van der Waals surface area contributed by atoms with E-state index in [1.807, 2.05) is 13.8 Å². The predicted molar refractivity (Wildman–Crippen MR) is 358 cm³/mol. The van der Waals surface area contributed by atoms with Crippen LogP contribution >= 0.6 is 0 Å². The molecule has 2 saturated carbocycles. The van der Waals surface area contributed by atoms with E-state index in [4.69, 9.17) is 56.4 Å². The van der Waals surface area contributed by atoms with Gasteiger partial charge in [0.2, 0.25) is 12.6 Å². The first-order valence-electron chi connectivity index (χ1n) is 31.8. The third-order valence-electron chi connectivity index (χ3n) is 17.6. The summed E-state index contributed by atoms with van der Waals surface area (Å²) < 4.78 is 33.3. The average molecular weight is 1310 g/mol. The Morgan fingerprint density at radius 1 is 0.583 bits per heavy atom. The van der Waals surface area contributed by atoms with Crippen LogP contribution < -0.4 is 37.3 Å². The van der Waals surface area contributed by atoms with Gasteiger partial charge in [-0.3, -0.25) is 39.6 Å². The van der Waals surface area contributed by atoms with Gasteiger partial charge in [0, 0.05) is 83.3 Å². The van der Waals surface area contributed by atoms with E-state index >= 15 is 0 Å². The van der Waals surface area contributed by atoms with Crippen molar-refractivity contribution in [2.24, 2.45) is 46.8 Å². The summed E-state index contributed by atoms with van der Waals surface area (Å²) in [5.74, 6) is -3.67. The number of aromatic nitrogens is 2. The molecule has 2 amide bonds. The standard InChI is InChI=1S/C37H40N4O7.C36H39N5O7/c1-5-23-17-32(47-36(44)20(23)3)48-37(45)33-26(13-14-29(41-33)35(43)40-19-22-7-8-22)27-18-31(46-4)24(6-2)16-28(27)30(42)15-21-9-11-25(12-10-21)34(38)39;1-4-21-15-26(28(42)14-19-8-10-23(11-9-19)33(38)39)25(17-29(21)46-3)24-12-13-27(34(43)40-18-20-6-7-20)41-32(24)36(45)48-30-16-22(5-2)31(37)35(44)47-30/h6,9-14,16,18,20,22-23,32H,2,5,7-8,15,17,19H2,1,3-4H3,(H3,38,39)(H,40,43);4,8-13,15,17,20,22,30-31H,1,5-7,14,16,18,37H2,2-3H3,(H3,38,39)(H,40,43)/t20-,23+,32?;22-,30?,31+/m01/s1. The first-order valence-corrected chi connectivity index (χ1v) is 31.8. The van der Waals surface area contributed by atoms with Crippen LogP contribution in [0.2, 0.25) is 0 Å². The maximum absolute atomic E-state index is 14.0. The SMILES string of the molecule is C=Cc1cc(C(=O)Cc2ccc(C(=N)N)cc2)c(-c2ccc(C(=O)NCC3CC3)nc2C(=O)OC2C[C@@H](CC)[C@H](C)C(=O)O2)cc1OC.C=Cc1cc(C(=O)Cc2ccc(C(=N)N)cc2)c(-c2ccc(C(=O)NCC3CC3)nc2C(=O)OC2C[C@@H](CC)[C@H](N)C(=O)O2)cc1OC. The molecule has 23 nitrogen and oxygen atoms in total. The molecule has 2 unspecified atom stereocenters. The molecule has 4 fully saturated rings. The Labute approximate surface area is 555 Å². The molecule has 23 heteroatoms. The zero-order chi connectivity index (χ0) is 69.1. The third kappa shape index (κ3) is 16.8. The smallest absolute Gasteiger partial charge is 0.360 e. The summed E-state index contributed by atoms with van der Waals surface area (Å²) in [7, 11) is 2.95. The van der Waals surface area contributed by atoms with E-state index in [9.17, 15) is 38.4 Å². The van der Waals surface area contributed by atoms with Crippen LogP contribution in [0.15, 0.2) is 110 Å². The van der Waals surface area contributed by atoms with Crippen LogP contribution in [0.3, 0.4) is 0 Å². The van der Waals surface area contributed by atoms with Crippen molar-refractivity contribution in [2.75, 3.05) is 27.3 Å². The number of Topliss-reactive ketones (excluding diaryl/α,β-unsaturated/α-hetero) is 2. The Morgan fingerprint density at radius 3 is 1.34 bits per heavy atom. The van der Waals surface area contributed by atoms with Crippen LogP contribution in [0.4, 0.5) is 0 Å². The first kappa shape index (κ1) is 69.7. The van der Waals surface area contributed by atoms with Gasteiger partial charge in [0.05, 0.1) is 20.1 Å². The number of esters is 4. The second-order valence-electron chi connectivity index (χ2n) is 24.3. The topological polar surface area (TPSA) is 368 Å². The van der Waals surface area contributed by atoms with Crippen molar-refractivity contribution >= 4 is 71.1 Å². The van der Waals surface area contributed by atoms with Gasteiger partial charge in [-0.2, -0.15) is 0 Å². The van der Waals surface area contributed by atoms with E-state index in [1.54, 1.807) is 97.9 Å². The number of hydrogen-bond donors (Lipinski definition) is 7. The number of ether oxygens (including phenoxy) is 6. The number of rotatable bonds is 26. The normalized spacial score (nSPS) is 18.7. The molecule has 96 heavy (non-hydrogen) atoms. The molecule has 4 heterocycles. The zero-order valence-electron chi connectivity index (χ0n) is 54.3. The molecule has 2 saturated heterocycles. The summed E-state index contributed by atoms with van der Waals surface area (Å²) in [6.07, 6.45) is 6.68. The zero-order valence-corrected chi connectivity index (χ0v) is 54.3. The van der Waals surface area contributed by atoms with Crippen molar-refractivity contribution in [3.63, 3.8) is 0 Å². The van der Waals surface area contributed by atoms with Crippen LogP contribution in [0, 0.1) is 40.4 Å². The minimum Gasteiger partial charge on any atom is -0.496 e. The van der Waals surface area contributed by atoms with E-state index < -0.39 is 54.3 Å². The van der Waals surface area contributed by atoms with Crippen LogP contribution in [0.5, 0.6) is 11.5 Å². The number of methoxy groups -OCH3 is 2. The molecule has 10 rings (SSSR count). The molecule has 4 aromatic carbocycles. The Balaban J connectivity index is 0.000000225. The van der Waals surface area contributed by atoms with Crippen molar-refractivity contribution in [3.05, 3.63) is 178 Å². The number of amidine groups is 2. The predicted octanol–water partition coefficient (Wildman–Crippen LogP) is 9.37. The lowest BCUT2D eigenvalue weighted by atomic mass is 9.86. The summed E-state index contributed by atoms with van der Waals surface area (Å²) in [6.45, 7) is 14.3. The number of benzene rings is 4. The number of amides is 2. The summed E-state index contributed by atoms with van der Waals surface area (Å²) in [4.78, 5) is 116. The van der Waals surface area contributed by atoms with Crippen molar-refractivity contribution in [3.8, 4) is 33.8 Å². The quantitative estimate of drug-likeness (QED) is 0.0115. The van der Waals surface area contributed by atoms with Crippen molar-refractivity contribution in [1.29, 1.82) is 10.8 Å². The highest BCUT2D eigenvalue weighted by Gasteiger charge is 2.40. The van der Waals surface area contributed by atoms with Crippen molar-refractivity contribution in [1.82, 2.24) is 20.6 Å². The molecule has 6 aromatic rings. The van der Waals surface area contributed by atoms with Gasteiger partial charge in [-0.1, -0.05) is 107 Å². The van der Waals surface area contributed by atoms with E-state index in [2.05, 4.69) is 33.8 Å². The number of nitrogens with one attached hydrogen (secondary N) is 4. The maximum Gasteiger partial charge on any atom is 0.360 e. The van der Waals surface area contributed by atoms with Gasteiger partial charge in [-0.15, -0.1) is 0 Å². The van der Waals surface area contributed by atoms with Gasteiger partial charge in [0.15, 0.2) is 23.0 Å². The minimum absolute atomic E-state index is 0.000148. The molecular formula is C73H79N9O14. The van der Waals surface area contributed by atoms with Gasteiger partial charge >= 0.3 is 23.9 Å². The number of ketones is 2. The van der Waals surface area contributed by atoms with Gasteiger partial charge in [-0.25, -0.2) is 19.6 Å². The fourth-order valence-corrected chi connectivity index (χ4v) is 11.4. The Bertz CT molecular complexity index is 3790. The average Bonchev–Trinajstić information content (AvgIpc) is 0.905. The largest absolute Gasteiger partial charge is 0.496 e. The molecule has 2 aliphatic heterocycles. The Morgan fingerprint density at radius 2 is 0.979 bits per heavy atom. The number of nitrogens with zero attached hydrogens (tertiary/aromatic N) is 2. The summed E-state index contributed by atoms with van der Waals surface area (Å²) >= 11 is 0.